The number of nitrogens with zero attached hydrogens (tertiary/aromatic N) is 3. The number of carbonyl (C=O) groups is 1. The summed E-state index contributed by atoms with van der Waals surface area (Å²) in [5.41, 5.74) is 1.47. The Morgan fingerprint density at radius 3 is 2.73 bits per heavy atom. The third-order valence-electron chi connectivity index (χ3n) is 5.16. The molecule has 7 heteroatoms. The molecule has 0 saturated carbocycles. The summed E-state index contributed by atoms with van der Waals surface area (Å²) in [6.45, 7) is 2.56. The lowest BCUT2D eigenvalue weighted by atomic mass is 9.71. The zero-order chi connectivity index (χ0) is 18.6. The first-order valence-electron chi connectivity index (χ1n) is 8.67. The van der Waals surface area contributed by atoms with Crippen LogP contribution in [0.3, 0.4) is 0 Å². The molecule has 1 saturated heterocycles. The number of aryl methyl sites for hydroxylation is 1. The molecule has 1 aliphatic rings. The average Bonchev–Trinajstić information content (AvgIpc) is 2.64. The van der Waals surface area contributed by atoms with Crippen LogP contribution in [0.25, 0.3) is 0 Å². The number of likely N-dealkylation sites (tertiary alicyclic amines) is 1. The van der Waals surface area contributed by atoms with Gasteiger partial charge in [-0.25, -0.2) is 19.2 Å². The summed E-state index contributed by atoms with van der Waals surface area (Å²) in [5, 5.41) is 12.3. The van der Waals surface area contributed by atoms with Gasteiger partial charge in [-0.1, -0.05) is 24.3 Å². The van der Waals surface area contributed by atoms with Crippen LogP contribution >= 0.6 is 0 Å². The second-order valence-corrected chi connectivity index (χ2v) is 6.84. The van der Waals surface area contributed by atoms with Crippen molar-refractivity contribution in [3.63, 3.8) is 0 Å². The predicted octanol–water partition coefficient (Wildman–Crippen LogP) is 3.15. The van der Waals surface area contributed by atoms with E-state index in [4.69, 9.17) is 0 Å². The summed E-state index contributed by atoms with van der Waals surface area (Å²) in [7, 11) is 0. The molecule has 2 atom stereocenters. The first-order valence-corrected chi connectivity index (χ1v) is 8.67. The van der Waals surface area contributed by atoms with Gasteiger partial charge in [0.2, 0.25) is 5.95 Å². The molecule has 1 aliphatic heterocycles. The lowest BCUT2D eigenvalue weighted by molar-refractivity contribution is 0.0190. The van der Waals surface area contributed by atoms with Crippen LogP contribution in [0.2, 0.25) is 0 Å². The fraction of sp³-hybridized carbons (Fsp3) is 0.421. The van der Waals surface area contributed by atoms with E-state index in [9.17, 15) is 9.90 Å². The van der Waals surface area contributed by atoms with Crippen molar-refractivity contribution in [3.05, 3.63) is 53.9 Å². The molecule has 0 radical (unpaired) electrons. The van der Waals surface area contributed by atoms with E-state index in [1.807, 2.05) is 31.2 Å². The second kappa shape index (κ2) is 7.68. The molecule has 1 amide bonds. The van der Waals surface area contributed by atoms with Gasteiger partial charge in [-0.05, 0) is 37.0 Å². The van der Waals surface area contributed by atoms with Gasteiger partial charge in [-0.3, -0.25) is 0 Å². The third kappa shape index (κ3) is 3.92. The van der Waals surface area contributed by atoms with Crippen LogP contribution in [-0.2, 0) is 6.42 Å². The monoisotopic (exact) mass is 358 g/mol. The lowest BCUT2D eigenvalue weighted by Gasteiger charge is -2.44. The molecule has 0 spiro atoms. The van der Waals surface area contributed by atoms with Gasteiger partial charge >= 0.3 is 6.09 Å². The predicted molar refractivity (Wildman–Crippen MR) is 96.9 cm³/mol. The quantitative estimate of drug-likeness (QED) is 0.858. The van der Waals surface area contributed by atoms with Gasteiger partial charge in [-0.15, -0.1) is 0 Å². The molecule has 2 aromatic rings. The first-order chi connectivity index (χ1) is 12.5. The van der Waals surface area contributed by atoms with Crippen molar-refractivity contribution in [3.8, 4) is 0 Å². The number of alkyl halides is 1. The summed E-state index contributed by atoms with van der Waals surface area (Å²) in [6.07, 6.45) is 1.88. The number of nitrogens with one attached hydrogen (secondary N) is 1. The Morgan fingerprint density at radius 1 is 1.35 bits per heavy atom. The molecular formula is C19H23FN4O2. The Kier molecular flexibility index (Phi) is 5.35. The van der Waals surface area contributed by atoms with Crippen LogP contribution in [0.1, 0.15) is 17.5 Å². The van der Waals surface area contributed by atoms with Crippen molar-refractivity contribution in [2.45, 2.75) is 25.9 Å². The first kappa shape index (κ1) is 18.1. The van der Waals surface area contributed by atoms with E-state index in [2.05, 4.69) is 15.3 Å². The van der Waals surface area contributed by atoms with Crippen molar-refractivity contribution < 1.29 is 14.3 Å². The zero-order valence-electron chi connectivity index (χ0n) is 14.7. The number of amides is 1. The molecule has 0 bridgehead atoms. The number of hydrogen-bond donors (Lipinski definition) is 2. The Bertz CT molecular complexity index is 758. The maximum Gasteiger partial charge on any atom is 0.407 e. The van der Waals surface area contributed by atoms with Crippen molar-refractivity contribution >= 4 is 12.0 Å². The maximum atomic E-state index is 15.2. The molecule has 1 aromatic heterocycles. The largest absolute Gasteiger partial charge is 0.465 e. The molecule has 3 rings (SSSR count). The fourth-order valence-corrected chi connectivity index (χ4v) is 3.46. The van der Waals surface area contributed by atoms with Gasteiger partial charge in [0, 0.05) is 30.9 Å². The number of halogens is 1. The minimum Gasteiger partial charge on any atom is -0.465 e. The van der Waals surface area contributed by atoms with Crippen LogP contribution in [0.5, 0.6) is 0 Å². The fourth-order valence-electron chi connectivity index (χ4n) is 3.46. The molecule has 0 aliphatic carbocycles. The topological polar surface area (TPSA) is 78.4 Å². The van der Waals surface area contributed by atoms with E-state index in [-0.39, 0.29) is 6.54 Å². The van der Waals surface area contributed by atoms with Crippen molar-refractivity contribution in [1.29, 1.82) is 0 Å². The summed E-state index contributed by atoms with van der Waals surface area (Å²) in [6, 6.07) is 9.64. The molecule has 138 valence electrons. The van der Waals surface area contributed by atoms with Crippen molar-refractivity contribution in [1.82, 2.24) is 14.9 Å². The molecule has 2 heterocycles. The zero-order valence-corrected chi connectivity index (χ0v) is 14.7. The van der Waals surface area contributed by atoms with E-state index >= 15 is 4.39 Å². The second-order valence-electron chi connectivity index (χ2n) is 6.84. The number of anilines is 1. The molecule has 6 nitrogen and oxygen atoms in total. The minimum atomic E-state index is -1.27. The number of carboxylic acid groups (broad SMARTS) is 1. The third-order valence-corrected chi connectivity index (χ3v) is 5.16. The van der Waals surface area contributed by atoms with Crippen molar-refractivity contribution in [2.24, 2.45) is 5.41 Å². The van der Waals surface area contributed by atoms with Gasteiger partial charge in [0.15, 0.2) is 0 Å². The SMILES string of the molecule is Cc1ccccc1CC1(CNc2ncccn2)CCN(C(=O)O)CC1F. The highest BCUT2D eigenvalue weighted by Crippen LogP contribution is 2.38. The summed E-state index contributed by atoms with van der Waals surface area (Å²) in [5.74, 6) is 0.449. The van der Waals surface area contributed by atoms with Crippen LogP contribution in [-0.4, -0.2) is 51.9 Å². The Balaban J connectivity index is 1.83. The molecule has 2 unspecified atom stereocenters. The lowest BCUT2D eigenvalue weighted by Crippen LogP contribution is -2.54. The number of benzene rings is 1. The number of rotatable bonds is 5. The van der Waals surface area contributed by atoms with Gasteiger partial charge in [0.1, 0.15) is 6.17 Å². The Morgan fingerprint density at radius 2 is 2.08 bits per heavy atom. The van der Waals surface area contributed by atoms with Crippen LogP contribution < -0.4 is 5.32 Å². The van der Waals surface area contributed by atoms with Gasteiger partial charge in [-0.2, -0.15) is 0 Å². The highest BCUT2D eigenvalue weighted by Gasteiger charge is 2.45. The normalized spacial score (nSPS) is 22.8. The van der Waals surface area contributed by atoms with Gasteiger partial charge < -0.3 is 15.3 Å². The summed E-state index contributed by atoms with van der Waals surface area (Å²) in [4.78, 5) is 20.7. The van der Waals surface area contributed by atoms with E-state index in [0.29, 0.717) is 31.9 Å². The van der Waals surface area contributed by atoms with E-state index in [0.717, 1.165) is 16.0 Å². The van der Waals surface area contributed by atoms with Gasteiger partial charge in [0.25, 0.3) is 0 Å². The molecule has 26 heavy (non-hydrogen) atoms. The van der Waals surface area contributed by atoms with E-state index in [1.165, 1.54) is 0 Å². The van der Waals surface area contributed by atoms with Gasteiger partial charge in [0.05, 0.1) is 6.54 Å². The minimum absolute atomic E-state index is 0.113. The molecule has 2 N–H and O–H groups in total. The average molecular weight is 358 g/mol. The molecule has 1 aromatic carbocycles. The summed E-state index contributed by atoms with van der Waals surface area (Å²) >= 11 is 0. The van der Waals surface area contributed by atoms with Crippen LogP contribution in [0.4, 0.5) is 15.1 Å². The smallest absolute Gasteiger partial charge is 0.407 e. The summed E-state index contributed by atoms with van der Waals surface area (Å²) < 4.78 is 15.2. The van der Waals surface area contributed by atoms with Crippen LogP contribution in [0, 0.1) is 12.3 Å². The molecule has 1 fully saturated rings. The Hall–Kier alpha value is -2.70. The van der Waals surface area contributed by atoms with E-state index < -0.39 is 17.7 Å². The highest BCUT2D eigenvalue weighted by molar-refractivity contribution is 5.65. The molecular weight excluding hydrogens is 335 g/mol. The highest BCUT2D eigenvalue weighted by atomic mass is 19.1. The number of aromatic nitrogens is 2. The van der Waals surface area contributed by atoms with E-state index in [1.54, 1.807) is 18.5 Å². The van der Waals surface area contributed by atoms with Crippen LogP contribution in [0.15, 0.2) is 42.7 Å². The number of piperidine rings is 1. The Labute approximate surface area is 152 Å². The van der Waals surface area contributed by atoms with Crippen molar-refractivity contribution in [2.75, 3.05) is 25.0 Å². The number of hydrogen-bond acceptors (Lipinski definition) is 4. The standard InChI is InChI=1S/C19H23FN4O2/c1-14-5-2-3-6-15(14)11-19(13-23-17-21-8-4-9-22-17)7-10-24(18(25)26)12-16(19)20/h2-6,8-9,16H,7,10-13H2,1H3,(H,25,26)(H,21,22,23). The maximum absolute atomic E-state index is 15.2.